The molecule has 17 nitrogen and oxygen atoms in total. The molecule has 0 aromatic heterocycles. The fourth-order valence-corrected chi connectivity index (χ4v) is 8.65. The molecular weight excluding hydrogens is 813 g/mol. The molecule has 0 aliphatic carbocycles. The molecule has 1 saturated heterocycles. The molecule has 0 radical (unpaired) electrons. The lowest BCUT2D eigenvalue weighted by molar-refractivity contribution is -0.148. The minimum Gasteiger partial charge on any atom is -0.481 e. The highest BCUT2D eigenvalue weighted by Gasteiger charge is 2.44. The minimum atomic E-state index is -1.49. The summed E-state index contributed by atoms with van der Waals surface area (Å²) in [7, 11) is 6.54. The third kappa shape index (κ3) is 15.6. The van der Waals surface area contributed by atoms with Gasteiger partial charge < -0.3 is 45.4 Å². The van der Waals surface area contributed by atoms with Gasteiger partial charge in [-0.25, -0.2) is 4.79 Å². The van der Waals surface area contributed by atoms with Crippen molar-refractivity contribution in [1.82, 2.24) is 30.7 Å². The second-order valence-corrected chi connectivity index (χ2v) is 17.7. The van der Waals surface area contributed by atoms with E-state index in [1.807, 2.05) is 60.4 Å². The lowest BCUT2D eigenvalue weighted by atomic mass is 9.89. The maximum Gasteiger partial charge on any atom is 0.326 e. The van der Waals surface area contributed by atoms with Crippen LogP contribution in [-0.2, 0) is 49.5 Å². The fourth-order valence-electron chi connectivity index (χ4n) is 8.65. The van der Waals surface area contributed by atoms with E-state index in [0.29, 0.717) is 37.9 Å². The van der Waals surface area contributed by atoms with Crippen LogP contribution in [0.3, 0.4) is 0 Å². The summed E-state index contributed by atoms with van der Waals surface area (Å²) in [6.45, 7) is 16.4. The predicted molar refractivity (Wildman–Crippen MR) is 238 cm³/mol. The largest absolute Gasteiger partial charge is 0.481 e. The second kappa shape index (κ2) is 26.2. The molecule has 1 aromatic rings. The molecule has 2 unspecified atom stereocenters. The number of likely N-dealkylation sites (tertiary alicyclic amines) is 1. The smallest absolute Gasteiger partial charge is 0.326 e. The summed E-state index contributed by atoms with van der Waals surface area (Å²) < 4.78 is 12.0. The molecule has 63 heavy (non-hydrogen) atoms. The van der Waals surface area contributed by atoms with Gasteiger partial charge in [0.1, 0.15) is 18.1 Å². The van der Waals surface area contributed by atoms with Crippen LogP contribution in [0, 0.1) is 23.7 Å². The highest BCUT2D eigenvalue weighted by Crippen LogP contribution is 2.30. The number of hydrogen-bond acceptors (Lipinski definition) is 10. The topological polar surface area (TPSA) is 224 Å². The number of carboxylic acids is 2. The Morgan fingerprint density at radius 3 is 1.95 bits per heavy atom. The summed E-state index contributed by atoms with van der Waals surface area (Å²) in [4.78, 5) is 98.3. The van der Waals surface area contributed by atoms with Gasteiger partial charge in [0.2, 0.25) is 29.5 Å². The number of carbonyl (C=O) groups is 7. The van der Waals surface area contributed by atoms with Crippen LogP contribution < -0.4 is 16.0 Å². The Labute approximate surface area is 374 Å². The molecule has 17 heteroatoms. The Balaban J connectivity index is 2.35. The predicted octanol–water partition coefficient (Wildman–Crippen LogP) is 3.19. The maximum absolute atomic E-state index is 14.4. The fraction of sp³-hybridized carbons (Fsp3) is 0.717. The highest BCUT2D eigenvalue weighted by molar-refractivity contribution is 5.92. The molecule has 10 atom stereocenters. The monoisotopic (exact) mass is 889 g/mol. The Morgan fingerprint density at radius 1 is 0.825 bits per heavy atom. The summed E-state index contributed by atoms with van der Waals surface area (Å²) in [6, 6.07) is 3.84. The van der Waals surface area contributed by atoms with E-state index in [1.165, 1.54) is 14.2 Å². The minimum absolute atomic E-state index is 0.0107. The van der Waals surface area contributed by atoms with E-state index < -0.39 is 84.6 Å². The standard InChI is InChI=1S/C46H76N6O11/c1-13-29(7)40(51(10)45(59)38(27(3)4)49-44(58)39(28(5)6)50(9)14-2)35(62-11)26-36(53)52-24-18-21-34(52)41(63-12)30(8)42(56)48-33(25-31-19-16-15-17-20-31)43(57)47-32(46(60)61)22-23-37(54)55/h15-17,19-20,27-30,32-35,38-41H,13-14,18,21-26H2,1-12H3,(H,47,57)(H,48,56)(H,49,58)(H,54,55)(H,60,61)/t29-,30+,32?,33-,34-,35+,38?,39-,40-,41+/m0/s1. The SMILES string of the molecule is CC[C@H](C)[C@@H]([C@@H](CC(=O)N1CCC[C@H]1[C@H](OC)[C@@H](C)C(=O)N[C@@H](Cc1ccccc1)C(=O)NC(CCC(=O)O)C(=O)O)OC)N(C)C(=O)C(NC(=O)[C@H](C(C)C)N(C)CC)C(C)C. The van der Waals surface area contributed by atoms with Crippen molar-refractivity contribution < 1.29 is 53.2 Å². The van der Waals surface area contributed by atoms with Crippen LogP contribution in [0.4, 0.5) is 0 Å². The molecule has 5 N–H and O–H groups in total. The summed E-state index contributed by atoms with van der Waals surface area (Å²) in [5.74, 6) is -5.92. The summed E-state index contributed by atoms with van der Waals surface area (Å²) in [5, 5.41) is 27.0. The van der Waals surface area contributed by atoms with Crippen LogP contribution in [0.1, 0.15) is 99.5 Å². The van der Waals surface area contributed by atoms with Crippen molar-refractivity contribution in [3.63, 3.8) is 0 Å². The van der Waals surface area contributed by atoms with Gasteiger partial charge in [0.25, 0.3) is 0 Å². The molecule has 1 fully saturated rings. The van der Waals surface area contributed by atoms with Crippen LogP contribution in [0.2, 0.25) is 0 Å². The lowest BCUT2D eigenvalue weighted by Gasteiger charge is -2.41. The first-order chi connectivity index (χ1) is 29.6. The number of benzene rings is 1. The van der Waals surface area contributed by atoms with E-state index in [0.717, 1.165) is 0 Å². The van der Waals surface area contributed by atoms with E-state index in [2.05, 4.69) is 16.0 Å². The lowest BCUT2D eigenvalue weighted by Crippen LogP contribution is -2.60. The third-order valence-corrected chi connectivity index (χ3v) is 12.5. The molecule has 5 amide bonds. The molecule has 1 aliphatic rings. The quantitative estimate of drug-likeness (QED) is 0.0860. The van der Waals surface area contributed by atoms with Gasteiger partial charge in [0.15, 0.2) is 0 Å². The summed E-state index contributed by atoms with van der Waals surface area (Å²) in [6.07, 6.45) is -0.547. The number of carbonyl (C=O) groups excluding carboxylic acids is 5. The number of nitrogens with one attached hydrogen (secondary N) is 3. The molecule has 1 aromatic carbocycles. The third-order valence-electron chi connectivity index (χ3n) is 12.5. The summed E-state index contributed by atoms with van der Waals surface area (Å²) in [5.41, 5.74) is 0.693. The number of nitrogens with zero attached hydrogens (tertiary/aromatic N) is 3. The number of carboxylic acid groups (broad SMARTS) is 2. The van der Waals surface area contributed by atoms with Crippen LogP contribution in [0.5, 0.6) is 0 Å². The van der Waals surface area contributed by atoms with E-state index in [4.69, 9.17) is 14.6 Å². The van der Waals surface area contributed by atoms with Crippen LogP contribution in [0.15, 0.2) is 30.3 Å². The molecule has 1 heterocycles. The van der Waals surface area contributed by atoms with Gasteiger partial charge in [-0.05, 0) is 56.2 Å². The van der Waals surface area contributed by atoms with Gasteiger partial charge in [-0.1, -0.05) is 92.1 Å². The molecule has 2 rings (SSSR count). The number of rotatable bonds is 27. The average Bonchev–Trinajstić information content (AvgIpc) is 3.73. The normalized spacial score (nSPS) is 18.4. The Bertz CT molecular complexity index is 1660. The van der Waals surface area contributed by atoms with Crippen molar-refractivity contribution in [2.75, 3.05) is 41.4 Å². The molecular formula is C46H76N6O11. The van der Waals surface area contributed by atoms with Crippen molar-refractivity contribution in [2.24, 2.45) is 23.7 Å². The molecule has 356 valence electrons. The average molecular weight is 889 g/mol. The van der Waals surface area contributed by atoms with Crippen molar-refractivity contribution in [2.45, 2.75) is 149 Å². The first-order valence-electron chi connectivity index (χ1n) is 22.4. The number of ether oxygens (including phenoxy) is 2. The second-order valence-electron chi connectivity index (χ2n) is 17.7. The van der Waals surface area contributed by atoms with Crippen molar-refractivity contribution >= 4 is 41.5 Å². The number of likely N-dealkylation sites (N-methyl/N-ethyl adjacent to an activating group) is 2. The van der Waals surface area contributed by atoms with Crippen molar-refractivity contribution in [3.8, 4) is 0 Å². The van der Waals surface area contributed by atoms with Gasteiger partial charge in [0, 0.05) is 40.7 Å². The zero-order valence-corrected chi connectivity index (χ0v) is 39.6. The summed E-state index contributed by atoms with van der Waals surface area (Å²) >= 11 is 0. The number of aliphatic carboxylic acids is 2. The van der Waals surface area contributed by atoms with Gasteiger partial charge in [-0.15, -0.1) is 0 Å². The van der Waals surface area contributed by atoms with Crippen molar-refractivity contribution in [1.29, 1.82) is 0 Å². The van der Waals surface area contributed by atoms with E-state index in [9.17, 15) is 38.7 Å². The van der Waals surface area contributed by atoms with Crippen LogP contribution >= 0.6 is 0 Å². The Hall–Kier alpha value is -4.61. The van der Waals surface area contributed by atoms with Gasteiger partial charge in [0.05, 0.1) is 42.7 Å². The van der Waals surface area contributed by atoms with E-state index in [-0.39, 0.29) is 54.7 Å². The van der Waals surface area contributed by atoms with Crippen LogP contribution in [-0.4, -0.2) is 156 Å². The Morgan fingerprint density at radius 2 is 1.44 bits per heavy atom. The highest BCUT2D eigenvalue weighted by atomic mass is 16.5. The van der Waals surface area contributed by atoms with E-state index in [1.54, 1.807) is 54.1 Å². The first kappa shape index (κ1) is 54.5. The van der Waals surface area contributed by atoms with E-state index >= 15 is 0 Å². The van der Waals surface area contributed by atoms with Gasteiger partial charge in [-0.3, -0.25) is 33.7 Å². The number of amides is 5. The zero-order valence-electron chi connectivity index (χ0n) is 39.6. The molecule has 1 aliphatic heterocycles. The number of hydrogen-bond donors (Lipinski definition) is 5. The molecule has 0 spiro atoms. The van der Waals surface area contributed by atoms with Gasteiger partial charge >= 0.3 is 11.9 Å². The number of methoxy groups -OCH3 is 2. The first-order valence-corrected chi connectivity index (χ1v) is 22.4. The van der Waals surface area contributed by atoms with Crippen LogP contribution in [0.25, 0.3) is 0 Å². The Kier molecular flexibility index (Phi) is 22.7. The zero-order chi connectivity index (χ0) is 47.7. The molecule has 0 saturated carbocycles. The van der Waals surface area contributed by atoms with Gasteiger partial charge in [-0.2, -0.15) is 0 Å². The maximum atomic E-state index is 14.4. The van der Waals surface area contributed by atoms with Crippen molar-refractivity contribution in [3.05, 3.63) is 35.9 Å². The molecule has 0 bridgehead atoms.